The van der Waals surface area contributed by atoms with Crippen LogP contribution in [0.5, 0.6) is 11.5 Å². The summed E-state index contributed by atoms with van der Waals surface area (Å²) in [5, 5.41) is 0. The molecule has 210 valence electrons. The van der Waals surface area contributed by atoms with E-state index in [1.807, 2.05) is 12.3 Å². The van der Waals surface area contributed by atoms with Crippen LogP contribution < -0.4 is 20.9 Å². The number of carbonyl (C=O) groups excluding carboxylic acids is 1. The van der Waals surface area contributed by atoms with Crippen LogP contribution in [-0.4, -0.2) is 47.7 Å². The van der Waals surface area contributed by atoms with Crippen LogP contribution >= 0.6 is 11.8 Å². The Morgan fingerprint density at radius 3 is 2.59 bits per heavy atom. The van der Waals surface area contributed by atoms with Gasteiger partial charge in [0, 0.05) is 41.9 Å². The Labute approximate surface area is 244 Å². The molecule has 0 saturated carbocycles. The Hall–Kier alpha value is -4.50. The number of hydrogen-bond donors (Lipinski definition) is 2. The highest BCUT2D eigenvalue weighted by Gasteiger charge is 2.27. The second-order valence-corrected chi connectivity index (χ2v) is 10.6. The summed E-state index contributed by atoms with van der Waals surface area (Å²) in [6.45, 7) is 0.784. The van der Waals surface area contributed by atoms with Crippen LogP contribution in [0.25, 0.3) is 0 Å². The number of rotatable bonds is 9. The van der Waals surface area contributed by atoms with Crippen LogP contribution in [0.2, 0.25) is 0 Å². The van der Waals surface area contributed by atoms with Gasteiger partial charge in [-0.25, -0.2) is 4.98 Å². The lowest BCUT2D eigenvalue weighted by atomic mass is 9.88. The zero-order valence-electron chi connectivity index (χ0n) is 23.3. The third-order valence-corrected chi connectivity index (χ3v) is 8.03. The molecule has 2 heterocycles. The number of methoxy groups -OCH3 is 2. The second-order valence-electron chi connectivity index (χ2n) is 9.74. The van der Waals surface area contributed by atoms with Gasteiger partial charge in [0.05, 0.1) is 25.8 Å². The summed E-state index contributed by atoms with van der Waals surface area (Å²) < 4.78 is 11.2. The first-order chi connectivity index (χ1) is 19.9. The standard InChI is InChI=1S/C32H33N5O3S/c1-39-28-18-20(16-23-19-35-32(34)36-31(23)33)17-26(30(28)40-2)27(38)13-15-37-14-12-21-6-4-5-7-25(21)29(37)22-8-10-24(41-3)11-9-22/h4-11,13,15,17-19,29H,12,14,16H2,1-3H3,(H4,33,34,35,36)/b15-13+. The molecule has 0 bridgehead atoms. The number of nitrogens with zero attached hydrogens (tertiary/aromatic N) is 3. The maximum Gasteiger partial charge on any atom is 0.221 e. The summed E-state index contributed by atoms with van der Waals surface area (Å²) in [6, 6.07) is 20.8. The molecule has 1 aliphatic heterocycles. The summed E-state index contributed by atoms with van der Waals surface area (Å²) in [5.41, 5.74) is 17.4. The first kappa shape index (κ1) is 28.0. The van der Waals surface area contributed by atoms with Crippen molar-refractivity contribution in [1.82, 2.24) is 14.9 Å². The fourth-order valence-corrected chi connectivity index (χ4v) is 5.66. The van der Waals surface area contributed by atoms with E-state index in [9.17, 15) is 4.79 Å². The van der Waals surface area contributed by atoms with Gasteiger partial charge in [-0.2, -0.15) is 4.98 Å². The van der Waals surface area contributed by atoms with Crippen molar-refractivity contribution in [2.45, 2.75) is 23.8 Å². The number of hydrogen-bond acceptors (Lipinski definition) is 9. The molecule has 8 nitrogen and oxygen atoms in total. The number of ketones is 1. The number of ether oxygens (including phenoxy) is 2. The van der Waals surface area contributed by atoms with Gasteiger partial charge in [0.1, 0.15) is 5.82 Å². The zero-order chi connectivity index (χ0) is 28.9. The SMILES string of the molecule is COc1cc(Cc2cnc(N)nc2N)cc(C(=O)/C=C/N2CCc3ccccc3C2c2ccc(SC)cc2)c1OC. The van der Waals surface area contributed by atoms with Crippen LogP contribution in [0.3, 0.4) is 0 Å². The molecule has 1 unspecified atom stereocenters. The Kier molecular flexibility index (Phi) is 8.45. The molecular weight excluding hydrogens is 534 g/mol. The Bertz CT molecular complexity index is 1590. The molecule has 0 radical (unpaired) electrons. The van der Waals surface area contributed by atoms with E-state index in [1.54, 1.807) is 37.2 Å². The van der Waals surface area contributed by atoms with E-state index in [1.165, 1.54) is 28.7 Å². The second kappa shape index (κ2) is 12.3. The fraction of sp³-hybridized carbons (Fsp3) is 0.219. The number of anilines is 2. The number of nitrogen functional groups attached to an aromatic ring is 2. The molecular formula is C32H33N5O3S. The van der Waals surface area contributed by atoms with Crippen molar-refractivity contribution in [1.29, 1.82) is 0 Å². The van der Waals surface area contributed by atoms with Crippen LogP contribution in [0, 0.1) is 0 Å². The summed E-state index contributed by atoms with van der Waals surface area (Å²) in [7, 11) is 3.07. The van der Waals surface area contributed by atoms with Gasteiger partial charge in [-0.15, -0.1) is 11.8 Å². The normalized spacial score (nSPS) is 14.6. The van der Waals surface area contributed by atoms with E-state index < -0.39 is 0 Å². The maximum atomic E-state index is 13.7. The highest BCUT2D eigenvalue weighted by atomic mass is 32.2. The van der Waals surface area contributed by atoms with Crippen LogP contribution in [-0.2, 0) is 12.8 Å². The molecule has 0 aliphatic carbocycles. The lowest BCUT2D eigenvalue weighted by Gasteiger charge is -2.37. The van der Waals surface area contributed by atoms with E-state index in [0.717, 1.165) is 18.5 Å². The molecule has 0 amide bonds. The van der Waals surface area contributed by atoms with E-state index in [4.69, 9.17) is 20.9 Å². The van der Waals surface area contributed by atoms with E-state index in [-0.39, 0.29) is 17.8 Å². The number of fused-ring (bicyclic) bond motifs is 1. The molecule has 1 aromatic heterocycles. The quantitative estimate of drug-likeness (QED) is 0.158. The summed E-state index contributed by atoms with van der Waals surface area (Å²) in [4.78, 5) is 25.2. The molecule has 0 spiro atoms. The highest BCUT2D eigenvalue weighted by Crippen LogP contribution is 2.37. The number of carbonyl (C=O) groups is 1. The van der Waals surface area contributed by atoms with Crippen LogP contribution in [0.4, 0.5) is 11.8 Å². The van der Waals surface area contributed by atoms with Gasteiger partial charge in [-0.3, -0.25) is 4.79 Å². The smallest absolute Gasteiger partial charge is 0.221 e. The van der Waals surface area contributed by atoms with Crippen molar-refractivity contribution >= 4 is 29.3 Å². The van der Waals surface area contributed by atoms with E-state index in [2.05, 4.69) is 69.7 Å². The summed E-state index contributed by atoms with van der Waals surface area (Å²) in [5.74, 6) is 1.04. The third kappa shape index (κ3) is 6.00. The van der Waals surface area contributed by atoms with Gasteiger partial charge in [0.25, 0.3) is 0 Å². The van der Waals surface area contributed by atoms with E-state index in [0.29, 0.717) is 34.9 Å². The van der Waals surface area contributed by atoms with Gasteiger partial charge in [0.2, 0.25) is 5.95 Å². The van der Waals surface area contributed by atoms with Gasteiger partial charge >= 0.3 is 0 Å². The van der Waals surface area contributed by atoms with Crippen LogP contribution in [0.15, 0.2) is 84.0 Å². The molecule has 5 rings (SSSR count). The predicted octanol–water partition coefficient (Wildman–Crippen LogP) is 5.32. The molecule has 1 aliphatic rings. The average Bonchev–Trinajstić information content (AvgIpc) is 3.00. The Balaban J connectivity index is 1.48. The molecule has 1 atom stereocenters. The van der Waals surface area contributed by atoms with Gasteiger partial charge in [-0.05, 0) is 59.2 Å². The molecule has 0 fully saturated rings. The van der Waals surface area contributed by atoms with Gasteiger partial charge < -0.3 is 25.8 Å². The first-order valence-corrected chi connectivity index (χ1v) is 14.5. The zero-order valence-corrected chi connectivity index (χ0v) is 24.2. The minimum absolute atomic E-state index is 0.00355. The van der Waals surface area contributed by atoms with Crippen molar-refractivity contribution in [3.8, 4) is 11.5 Å². The third-order valence-electron chi connectivity index (χ3n) is 7.28. The highest BCUT2D eigenvalue weighted by molar-refractivity contribution is 7.98. The topological polar surface area (TPSA) is 117 Å². The fourth-order valence-electron chi connectivity index (χ4n) is 5.25. The maximum absolute atomic E-state index is 13.7. The van der Waals surface area contributed by atoms with E-state index >= 15 is 0 Å². The van der Waals surface area contributed by atoms with Crippen molar-refractivity contribution in [3.63, 3.8) is 0 Å². The van der Waals surface area contributed by atoms with Crippen molar-refractivity contribution in [3.05, 3.63) is 113 Å². The molecule has 41 heavy (non-hydrogen) atoms. The van der Waals surface area contributed by atoms with Crippen molar-refractivity contribution < 1.29 is 14.3 Å². The predicted molar refractivity (Wildman–Crippen MR) is 164 cm³/mol. The molecule has 4 N–H and O–H groups in total. The largest absolute Gasteiger partial charge is 0.493 e. The number of aromatic nitrogens is 2. The van der Waals surface area contributed by atoms with Crippen molar-refractivity contribution in [2.75, 3.05) is 38.5 Å². The first-order valence-electron chi connectivity index (χ1n) is 13.2. The van der Waals surface area contributed by atoms with Crippen LogP contribution in [0.1, 0.15) is 44.2 Å². The Morgan fingerprint density at radius 2 is 1.88 bits per heavy atom. The summed E-state index contributed by atoms with van der Waals surface area (Å²) >= 11 is 1.72. The van der Waals surface area contributed by atoms with Crippen molar-refractivity contribution in [2.24, 2.45) is 0 Å². The van der Waals surface area contributed by atoms with Gasteiger partial charge in [-0.1, -0.05) is 36.4 Å². The lowest BCUT2D eigenvalue weighted by molar-refractivity contribution is 0.104. The molecule has 3 aromatic carbocycles. The minimum atomic E-state index is -0.195. The average molecular weight is 568 g/mol. The number of thioether (sulfide) groups is 1. The lowest BCUT2D eigenvalue weighted by Crippen LogP contribution is -2.32. The number of allylic oxidation sites excluding steroid dienone is 1. The Morgan fingerprint density at radius 1 is 1.10 bits per heavy atom. The monoisotopic (exact) mass is 567 g/mol. The minimum Gasteiger partial charge on any atom is -0.493 e. The van der Waals surface area contributed by atoms with Gasteiger partial charge in [0.15, 0.2) is 17.3 Å². The molecule has 4 aromatic rings. The number of benzene rings is 3. The number of nitrogens with two attached hydrogens (primary N) is 2. The summed E-state index contributed by atoms with van der Waals surface area (Å²) in [6.07, 6.45) is 8.46. The molecule has 0 saturated heterocycles. The molecule has 9 heteroatoms.